The number of carbonyl (C=O) groups excluding carboxylic acids is 5. The van der Waals surface area contributed by atoms with Crippen molar-refractivity contribution in [2.75, 3.05) is 13.1 Å². The number of hydrogen-bond acceptors (Lipinski definition) is 5. The zero-order valence-electron chi connectivity index (χ0n) is 16.6. The summed E-state index contributed by atoms with van der Waals surface area (Å²) in [6.07, 6.45) is 0.338. The van der Waals surface area contributed by atoms with Crippen LogP contribution in [0.4, 0.5) is 0 Å². The Morgan fingerprint density at radius 1 is 0.750 bits per heavy atom. The van der Waals surface area contributed by atoms with Gasteiger partial charge in [-0.25, -0.2) is 10.0 Å². The monoisotopic (exact) mass is 386 g/mol. The molecule has 7 nitrogen and oxygen atoms in total. The van der Waals surface area contributed by atoms with Gasteiger partial charge in [0, 0.05) is 32.4 Å². The Labute approximate surface area is 164 Å². The fraction of sp³-hybridized carbons (Fsp3) is 0.476. The summed E-state index contributed by atoms with van der Waals surface area (Å²) in [6, 6.07) is 8.67. The molecule has 0 bridgehead atoms. The van der Waals surface area contributed by atoms with Gasteiger partial charge in [0.25, 0.3) is 11.8 Å². The molecule has 0 radical (unpaired) electrons. The number of nitrogens with zero attached hydrogens (tertiary/aromatic N) is 2. The van der Waals surface area contributed by atoms with Gasteiger partial charge in [-0.05, 0) is 32.8 Å². The lowest BCUT2D eigenvalue weighted by atomic mass is 9.75. The molecule has 2 amide bonds. The molecule has 0 atom stereocenters. The smallest absolute Gasteiger partial charge is 0.261 e. The van der Waals surface area contributed by atoms with Crippen LogP contribution in [0.5, 0.6) is 0 Å². The van der Waals surface area contributed by atoms with Gasteiger partial charge in [0.05, 0.1) is 0 Å². The van der Waals surface area contributed by atoms with Crippen LogP contribution in [0.15, 0.2) is 30.3 Å². The van der Waals surface area contributed by atoms with Crippen LogP contribution >= 0.6 is 0 Å². The third-order valence-electron chi connectivity index (χ3n) is 4.96. The van der Waals surface area contributed by atoms with E-state index >= 15 is 0 Å². The van der Waals surface area contributed by atoms with E-state index in [2.05, 4.69) is 0 Å². The van der Waals surface area contributed by atoms with Crippen LogP contribution in [0.1, 0.15) is 52.0 Å². The van der Waals surface area contributed by atoms with Crippen molar-refractivity contribution in [1.29, 1.82) is 0 Å². The Balaban J connectivity index is 2.51. The van der Waals surface area contributed by atoms with Crippen molar-refractivity contribution in [3.8, 4) is 0 Å². The highest BCUT2D eigenvalue weighted by atomic mass is 16.2. The number of hydrogen-bond donors (Lipinski definition) is 0. The van der Waals surface area contributed by atoms with Crippen LogP contribution in [0.2, 0.25) is 0 Å². The van der Waals surface area contributed by atoms with Gasteiger partial charge in [-0.2, -0.15) is 0 Å². The number of benzene rings is 1. The predicted molar refractivity (Wildman–Crippen MR) is 102 cm³/mol. The van der Waals surface area contributed by atoms with E-state index in [1.807, 2.05) is 0 Å². The lowest BCUT2D eigenvalue weighted by molar-refractivity contribution is -0.148. The summed E-state index contributed by atoms with van der Waals surface area (Å²) in [4.78, 5) is 61.5. The summed E-state index contributed by atoms with van der Waals surface area (Å²) < 4.78 is 0. The molecular weight excluding hydrogens is 360 g/mol. The number of Topliss-reactive ketones (excluding diaryl/α,β-unsaturated/α-hetero) is 3. The molecule has 150 valence electrons. The molecule has 0 spiro atoms. The van der Waals surface area contributed by atoms with E-state index in [9.17, 15) is 24.0 Å². The van der Waals surface area contributed by atoms with Crippen LogP contribution in [0.3, 0.4) is 0 Å². The highest BCUT2D eigenvalue weighted by molar-refractivity contribution is 6.15. The minimum Gasteiger partial charge on any atom is -0.300 e. The van der Waals surface area contributed by atoms with Crippen LogP contribution in [0.25, 0.3) is 0 Å². The van der Waals surface area contributed by atoms with Crippen LogP contribution < -0.4 is 0 Å². The first kappa shape index (κ1) is 21.5. The normalized spacial score (nSPS) is 15.8. The van der Waals surface area contributed by atoms with Crippen molar-refractivity contribution >= 4 is 29.2 Å². The SMILES string of the molecule is CC(=O)CCN1C(=O)C(CCC(C)=O)(c2ccccc2)C(=O)N1CCC(C)=O. The second-order valence-corrected chi connectivity index (χ2v) is 7.23. The van der Waals surface area contributed by atoms with E-state index in [1.54, 1.807) is 30.3 Å². The first-order valence-corrected chi connectivity index (χ1v) is 9.38. The zero-order valence-corrected chi connectivity index (χ0v) is 16.6. The summed E-state index contributed by atoms with van der Waals surface area (Å²) in [6.45, 7) is 4.38. The van der Waals surface area contributed by atoms with Crippen molar-refractivity contribution in [2.24, 2.45) is 0 Å². The first-order chi connectivity index (χ1) is 13.2. The standard InChI is InChI=1S/C21H26N2O5/c1-15(24)9-12-21(18-7-5-4-6-8-18)19(27)22(13-10-16(2)25)23(20(21)28)14-11-17(3)26/h4-8H,9-14H2,1-3H3. The molecule has 1 heterocycles. The Morgan fingerprint density at radius 3 is 1.57 bits per heavy atom. The summed E-state index contributed by atoms with van der Waals surface area (Å²) in [5.41, 5.74) is -0.995. The largest absolute Gasteiger partial charge is 0.300 e. The fourth-order valence-corrected chi connectivity index (χ4v) is 3.41. The molecule has 0 aliphatic carbocycles. The van der Waals surface area contributed by atoms with Gasteiger partial charge in [0.1, 0.15) is 17.3 Å². The molecule has 0 N–H and O–H groups in total. The molecular formula is C21H26N2O5. The number of hydrazine groups is 1. The van der Waals surface area contributed by atoms with Crippen LogP contribution in [-0.2, 0) is 29.4 Å². The first-order valence-electron chi connectivity index (χ1n) is 9.38. The van der Waals surface area contributed by atoms with Gasteiger partial charge >= 0.3 is 0 Å². The maximum atomic E-state index is 13.5. The number of rotatable bonds is 10. The topological polar surface area (TPSA) is 91.8 Å². The Hall–Kier alpha value is -2.83. The average Bonchev–Trinajstić information content (AvgIpc) is 2.84. The van der Waals surface area contributed by atoms with Gasteiger partial charge in [-0.1, -0.05) is 30.3 Å². The van der Waals surface area contributed by atoms with E-state index in [4.69, 9.17) is 0 Å². The Morgan fingerprint density at radius 2 is 1.18 bits per heavy atom. The third kappa shape index (κ3) is 4.35. The average molecular weight is 386 g/mol. The summed E-state index contributed by atoms with van der Waals surface area (Å²) in [5, 5.41) is 2.56. The predicted octanol–water partition coefficient (Wildman–Crippen LogP) is 1.84. The maximum Gasteiger partial charge on any atom is 0.261 e. The molecule has 1 fully saturated rings. The summed E-state index contributed by atoms with van der Waals surface area (Å²) in [5.74, 6) is -1.22. The highest BCUT2D eigenvalue weighted by Gasteiger charge is 2.58. The maximum absolute atomic E-state index is 13.5. The van der Waals surface area contributed by atoms with E-state index in [-0.39, 0.29) is 56.1 Å². The molecule has 1 aromatic carbocycles. The molecule has 1 saturated heterocycles. The van der Waals surface area contributed by atoms with Gasteiger partial charge in [-0.15, -0.1) is 0 Å². The Kier molecular flexibility index (Phi) is 6.83. The van der Waals surface area contributed by atoms with Crippen molar-refractivity contribution in [2.45, 2.75) is 51.9 Å². The van der Waals surface area contributed by atoms with Crippen molar-refractivity contribution in [3.05, 3.63) is 35.9 Å². The minimum atomic E-state index is -1.51. The van der Waals surface area contributed by atoms with Gasteiger partial charge < -0.3 is 4.79 Å². The summed E-state index contributed by atoms with van der Waals surface area (Å²) in [7, 11) is 0. The van der Waals surface area contributed by atoms with E-state index in [1.165, 1.54) is 30.8 Å². The zero-order chi connectivity index (χ0) is 20.9. The molecule has 0 aromatic heterocycles. The number of carbonyl (C=O) groups is 5. The molecule has 1 aliphatic heterocycles. The second kappa shape index (κ2) is 8.91. The second-order valence-electron chi connectivity index (χ2n) is 7.23. The number of amides is 2. The van der Waals surface area contributed by atoms with E-state index < -0.39 is 17.2 Å². The van der Waals surface area contributed by atoms with Crippen LogP contribution in [0, 0.1) is 0 Å². The van der Waals surface area contributed by atoms with Crippen LogP contribution in [-0.4, -0.2) is 52.3 Å². The fourth-order valence-electron chi connectivity index (χ4n) is 3.41. The van der Waals surface area contributed by atoms with Crippen molar-refractivity contribution < 1.29 is 24.0 Å². The molecule has 1 aromatic rings. The van der Waals surface area contributed by atoms with Crippen molar-refractivity contribution in [3.63, 3.8) is 0 Å². The number of ketones is 3. The molecule has 7 heteroatoms. The summed E-state index contributed by atoms with van der Waals surface area (Å²) >= 11 is 0. The Bertz CT molecular complexity index is 751. The minimum absolute atomic E-state index is 0.0527. The highest BCUT2D eigenvalue weighted by Crippen LogP contribution is 2.40. The van der Waals surface area contributed by atoms with Gasteiger partial charge in [0.2, 0.25) is 0 Å². The van der Waals surface area contributed by atoms with Gasteiger partial charge in [0.15, 0.2) is 5.41 Å². The third-order valence-corrected chi connectivity index (χ3v) is 4.96. The lowest BCUT2D eigenvalue weighted by Gasteiger charge is -2.27. The quantitative estimate of drug-likeness (QED) is 0.572. The van der Waals surface area contributed by atoms with E-state index in [0.717, 1.165) is 0 Å². The molecule has 0 saturated carbocycles. The van der Waals surface area contributed by atoms with Crippen molar-refractivity contribution in [1.82, 2.24) is 10.0 Å². The lowest BCUT2D eigenvalue weighted by Crippen LogP contribution is -2.42. The van der Waals surface area contributed by atoms with E-state index in [0.29, 0.717) is 5.56 Å². The molecule has 28 heavy (non-hydrogen) atoms. The van der Waals surface area contributed by atoms with Gasteiger partial charge in [-0.3, -0.25) is 19.2 Å². The molecule has 1 aliphatic rings. The molecule has 2 rings (SSSR count). The molecule has 0 unspecified atom stereocenters.